The lowest BCUT2D eigenvalue weighted by molar-refractivity contribution is 0.182. The monoisotopic (exact) mass is 209 g/mol. The molecule has 15 heavy (non-hydrogen) atoms. The van der Waals surface area contributed by atoms with Crippen molar-refractivity contribution in [3.63, 3.8) is 0 Å². The Balaban J connectivity index is 2.87. The van der Waals surface area contributed by atoms with E-state index in [2.05, 4.69) is 23.7 Å². The molecule has 4 heteroatoms. The van der Waals surface area contributed by atoms with Gasteiger partial charge in [0, 0.05) is 25.9 Å². The molecule has 0 amide bonds. The summed E-state index contributed by atoms with van der Waals surface area (Å²) < 4.78 is 5.14. The van der Waals surface area contributed by atoms with Crippen molar-refractivity contribution in [3.8, 4) is 0 Å². The standard InChI is InChI=1S/C11H19N3O/c1-4-14(9(2)8-15-3)10-6-5-7-13-11(10)12/h5-7,9H,4,8H2,1-3H3,(H2,12,13). The van der Waals surface area contributed by atoms with Crippen LogP contribution in [0.2, 0.25) is 0 Å². The Labute approximate surface area is 91.1 Å². The largest absolute Gasteiger partial charge is 0.383 e. The van der Waals surface area contributed by atoms with E-state index in [1.165, 1.54) is 0 Å². The number of nitrogen functional groups attached to an aromatic ring is 1. The fraction of sp³-hybridized carbons (Fsp3) is 0.545. The molecule has 1 aromatic heterocycles. The summed E-state index contributed by atoms with van der Waals surface area (Å²) in [5.41, 5.74) is 6.81. The van der Waals surface area contributed by atoms with Crippen LogP contribution < -0.4 is 10.6 Å². The van der Waals surface area contributed by atoms with E-state index in [-0.39, 0.29) is 0 Å². The molecule has 84 valence electrons. The molecule has 0 fully saturated rings. The lowest BCUT2D eigenvalue weighted by Gasteiger charge is -2.30. The second-order valence-corrected chi connectivity index (χ2v) is 3.50. The third kappa shape index (κ3) is 2.83. The molecule has 0 radical (unpaired) electrons. The Morgan fingerprint density at radius 3 is 2.87 bits per heavy atom. The lowest BCUT2D eigenvalue weighted by Crippen LogP contribution is -2.36. The maximum absolute atomic E-state index is 5.84. The molecule has 1 unspecified atom stereocenters. The maximum atomic E-state index is 5.84. The molecule has 0 aliphatic carbocycles. The third-order valence-electron chi connectivity index (χ3n) is 2.41. The van der Waals surface area contributed by atoms with Crippen LogP contribution in [0.1, 0.15) is 13.8 Å². The molecule has 1 atom stereocenters. The maximum Gasteiger partial charge on any atom is 0.146 e. The minimum absolute atomic E-state index is 0.298. The van der Waals surface area contributed by atoms with Gasteiger partial charge in [0.15, 0.2) is 0 Å². The highest BCUT2D eigenvalue weighted by atomic mass is 16.5. The van der Waals surface area contributed by atoms with Gasteiger partial charge in [-0.3, -0.25) is 0 Å². The first kappa shape index (κ1) is 11.8. The number of hydrogen-bond donors (Lipinski definition) is 1. The van der Waals surface area contributed by atoms with Gasteiger partial charge < -0.3 is 15.4 Å². The summed E-state index contributed by atoms with van der Waals surface area (Å²) in [4.78, 5) is 6.27. The van der Waals surface area contributed by atoms with Crippen molar-refractivity contribution >= 4 is 11.5 Å². The molecule has 1 rings (SSSR count). The quantitative estimate of drug-likeness (QED) is 0.799. The summed E-state index contributed by atoms with van der Waals surface area (Å²) >= 11 is 0. The topological polar surface area (TPSA) is 51.4 Å². The molecular weight excluding hydrogens is 190 g/mol. The van der Waals surface area contributed by atoms with E-state index in [9.17, 15) is 0 Å². The highest BCUT2D eigenvalue weighted by Gasteiger charge is 2.14. The first-order valence-corrected chi connectivity index (χ1v) is 5.16. The minimum atomic E-state index is 0.298. The summed E-state index contributed by atoms with van der Waals surface area (Å²) in [7, 11) is 1.71. The minimum Gasteiger partial charge on any atom is -0.383 e. The van der Waals surface area contributed by atoms with E-state index >= 15 is 0 Å². The lowest BCUT2D eigenvalue weighted by atomic mass is 10.2. The van der Waals surface area contributed by atoms with Crippen LogP contribution in [-0.4, -0.2) is 31.3 Å². The van der Waals surface area contributed by atoms with Crippen LogP contribution in [0.15, 0.2) is 18.3 Å². The Hall–Kier alpha value is -1.29. The van der Waals surface area contributed by atoms with Gasteiger partial charge in [0.2, 0.25) is 0 Å². The van der Waals surface area contributed by atoms with Crippen molar-refractivity contribution in [2.75, 3.05) is 30.9 Å². The summed E-state index contributed by atoms with van der Waals surface area (Å²) in [6.07, 6.45) is 1.70. The van der Waals surface area contributed by atoms with Crippen molar-refractivity contribution in [1.82, 2.24) is 4.98 Å². The third-order valence-corrected chi connectivity index (χ3v) is 2.41. The van der Waals surface area contributed by atoms with Crippen molar-refractivity contribution in [2.45, 2.75) is 19.9 Å². The second-order valence-electron chi connectivity index (χ2n) is 3.50. The number of nitrogens with two attached hydrogens (primary N) is 1. The van der Waals surface area contributed by atoms with Crippen molar-refractivity contribution in [3.05, 3.63) is 18.3 Å². The van der Waals surface area contributed by atoms with Gasteiger partial charge in [0.05, 0.1) is 12.3 Å². The number of rotatable bonds is 5. The van der Waals surface area contributed by atoms with Crippen LogP contribution in [0.4, 0.5) is 11.5 Å². The van der Waals surface area contributed by atoms with E-state index in [1.54, 1.807) is 13.3 Å². The fourth-order valence-electron chi connectivity index (χ4n) is 1.70. The highest BCUT2D eigenvalue weighted by molar-refractivity contribution is 5.63. The Morgan fingerprint density at radius 1 is 1.60 bits per heavy atom. The molecule has 0 saturated carbocycles. The molecule has 0 aliphatic heterocycles. The van der Waals surface area contributed by atoms with Gasteiger partial charge in [-0.05, 0) is 26.0 Å². The molecular formula is C11H19N3O. The molecule has 0 aliphatic rings. The zero-order valence-corrected chi connectivity index (χ0v) is 9.60. The molecule has 4 nitrogen and oxygen atoms in total. The first-order chi connectivity index (χ1) is 7.20. The van der Waals surface area contributed by atoms with Crippen molar-refractivity contribution in [2.24, 2.45) is 0 Å². The molecule has 1 aromatic rings. The number of anilines is 2. The average Bonchev–Trinajstić information content (AvgIpc) is 2.22. The van der Waals surface area contributed by atoms with Crippen LogP contribution in [0.3, 0.4) is 0 Å². The van der Waals surface area contributed by atoms with Crippen LogP contribution in [0.5, 0.6) is 0 Å². The number of likely N-dealkylation sites (N-methyl/N-ethyl adjacent to an activating group) is 1. The second kappa shape index (κ2) is 5.56. The van der Waals surface area contributed by atoms with Gasteiger partial charge in [-0.2, -0.15) is 0 Å². The number of aromatic nitrogens is 1. The predicted molar refractivity (Wildman–Crippen MR) is 63.0 cm³/mol. The Morgan fingerprint density at radius 2 is 2.33 bits per heavy atom. The smallest absolute Gasteiger partial charge is 0.146 e. The number of ether oxygens (including phenoxy) is 1. The summed E-state index contributed by atoms with van der Waals surface area (Å²) in [5, 5.41) is 0. The van der Waals surface area contributed by atoms with E-state index in [0.29, 0.717) is 18.5 Å². The molecule has 0 saturated heterocycles. The van der Waals surface area contributed by atoms with Crippen molar-refractivity contribution < 1.29 is 4.74 Å². The average molecular weight is 209 g/mol. The summed E-state index contributed by atoms with van der Waals surface area (Å²) in [5.74, 6) is 0.572. The molecule has 0 aromatic carbocycles. The number of nitrogens with zero attached hydrogens (tertiary/aromatic N) is 2. The number of hydrogen-bond acceptors (Lipinski definition) is 4. The van der Waals surface area contributed by atoms with Gasteiger partial charge in [-0.15, -0.1) is 0 Å². The first-order valence-electron chi connectivity index (χ1n) is 5.16. The van der Waals surface area contributed by atoms with Gasteiger partial charge >= 0.3 is 0 Å². The van der Waals surface area contributed by atoms with E-state index in [1.807, 2.05) is 12.1 Å². The SMILES string of the molecule is CCN(c1cccnc1N)C(C)COC. The summed E-state index contributed by atoms with van der Waals surface area (Å²) in [6, 6.07) is 4.18. The number of methoxy groups -OCH3 is 1. The van der Waals surface area contributed by atoms with E-state index < -0.39 is 0 Å². The van der Waals surface area contributed by atoms with Gasteiger partial charge in [-0.25, -0.2) is 4.98 Å². The molecule has 2 N–H and O–H groups in total. The van der Waals surface area contributed by atoms with Gasteiger partial charge in [0.25, 0.3) is 0 Å². The fourth-order valence-corrected chi connectivity index (χ4v) is 1.70. The van der Waals surface area contributed by atoms with Crippen LogP contribution >= 0.6 is 0 Å². The normalized spacial score (nSPS) is 12.5. The molecule has 0 spiro atoms. The zero-order valence-electron chi connectivity index (χ0n) is 9.60. The van der Waals surface area contributed by atoms with E-state index in [0.717, 1.165) is 12.2 Å². The van der Waals surface area contributed by atoms with Crippen LogP contribution in [0.25, 0.3) is 0 Å². The Bertz CT molecular complexity index is 304. The molecule has 0 bridgehead atoms. The Kier molecular flexibility index (Phi) is 4.37. The zero-order chi connectivity index (χ0) is 11.3. The van der Waals surface area contributed by atoms with Gasteiger partial charge in [0.1, 0.15) is 5.82 Å². The highest BCUT2D eigenvalue weighted by Crippen LogP contribution is 2.21. The summed E-state index contributed by atoms with van der Waals surface area (Å²) in [6.45, 7) is 5.78. The van der Waals surface area contributed by atoms with Crippen LogP contribution in [-0.2, 0) is 4.74 Å². The van der Waals surface area contributed by atoms with Crippen molar-refractivity contribution in [1.29, 1.82) is 0 Å². The van der Waals surface area contributed by atoms with Crippen LogP contribution in [0, 0.1) is 0 Å². The van der Waals surface area contributed by atoms with E-state index in [4.69, 9.17) is 10.5 Å². The predicted octanol–water partition coefficient (Wildman–Crippen LogP) is 1.52. The number of pyridine rings is 1. The molecule has 1 heterocycles. The van der Waals surface area contributed by atoms with Gasteiger partial charge in [-0.1, -0.05) is 0 Å².